The highest BCUT2D eigenvalue weighted by Crippen LogP contribution is 2.29. The van der Waals surface area contributed by atoms with Crippen LogP contribution >= 0.6 is 0 Å². The summed E-state index contributed by atoms with van der Waals surface area (Å²) in [5.41, 5.74) is 3.16. The number of benzene rings is 2. The first-order valence-electron chi connectivity index (χ1n) is 9.35. The molecule has 2 rings (SSSR count). The number of carbonyl (C=O) groups is 2. The quantitative estimate of drug-likeness (QED) is 0.405. The third-order valence-electron chi connectivity index (χ3n) is 4.37. The van der Waals surface area contributed by atoms with Gasteiger partial charge in [-0.2, -0.15) is 5.26 Å². The van der Waals surface area contributed by atoms with E-state index in [0.29, 0.717) is 29.4 Å². The van der Waals surface area contributed by atoms with E-state index in [9.17, 15) is 14.9 Å². The van der Waals surface area contributed by atoms with E-state index in [-0.39, 0.29) is 12.2 Å². The average molecular weight is 408 g/mol. The maximum atomic E-state index is 12.6. The summed E-state index contributed by atoms with van der Waals surface area (Å²) in [5, 5.41) is 12.2. The highest BCUT2D eigenvalue weighted by molar-refractivity contribution is 6.10. The molecule has 0 spiro atoms. The monoisotopic (exact) mass is 408 g/mol. The van der Waals surface area contributed by atoms with Crippen molar-refractivity contribution < 1.29 is 23.8 Å². The second-order valence-electron chi connectivity index (χ2n) is 6.38. The predicted molar refractivity (Wildman–Crippen MR) is 113 cm³/mol. The van der Waals surface area contributed by atoms with Crippen LogP contribution in [0.2, 0.25) is 0 Å². The number of esters is 1. The molecule has 0 bridgehead atoms. The molecule has 1 N–H and O–H groups in total. The summed E-state index contributed by atoms with van der Waals surface area (Å²) in [4.78, 5) is 23.9. The number of methoxy groups -OCH3 is 1. The minimum Gasteiger partial charge on any atom is -0.490 e. The van der Waals surface area contributed by atoms with E-state index in [1.807, 2.05) is 39.0 Å². The number of hydrogen-bond donors (Lipinski definition) is 1. The van der Waals surface area contributed by atoms with Gasteiger partial charge in [-0.05, 0) is 61.7 Å². The van der Waals surface area contributed by atoms with Crippen molar-refractivity contribution in [2.24, 2.45) is 0 Å². The molecule has 0 fully saturated rings. The first kappa shape index (κ1) is 22.5. The Morgan fingerprint density at radius 3 is 2.57 bits per heavy atom. The number of amides is 1. The van der Waals surface area contributed by atoms with E-state index in [4.69, 9.17) is 9.47 Å². The highest BCUT2D eigenvalue weighted by Gasteiger charge is 2.13. The number of nitriles is 1. The van der Waals surface area contributed by atoms with Crippen molar-refractivity contribution in [3.05, 3.63) is 58.7 Å². The van der Waals surface area contributed by atoms with Gasteiger partial charge in [-0.3, -0.25) is 4.79 Å². The normalized spacial score (nSPS) is 10.7. The van der Waals surface area contributed by atoms with E-state index in [2.05, 4.69) is 10.1 Å². The van der Waals surface area contributed by atoms with Crippen LogP contribution in [-0.4, -0.2) is 32.2 Å². The van der Waals surface area contributed by atoms with Gasteiger partial charge in [0.05, 0.1) is 13.7 Å². The van der Waals surface area contributed by atoms with E-state index < -0.39 is 11.9 Å². The molecule has 7 nitrogen and oxygen atoms in total. The van der Waals surface area contributed by atoms with Crippen LogP contribution < -0.4 is 14.8 Å². The number of carbonyl (C=O) groups excluding carboxylic acids is 2. The molecule has 0 aliphatic rings. The van der Waals surface area contributed by atoms with E-state index in [1.165, 1.54) is 13.2 Å². The first-order valence-corrected chi connectivity index (χ1v) is 9.35. The molecule has 0 aliphatic heterocycles. The number of nitrogens with zero attached hydrogens (tertiary/aromatic N) is 1. The molecule has 2 aromatic carbocycles. The van der Waals surface area contributed by atoms with E-state index in [1.54, 1.807) is 24.3 Å². The van der Waals surface area contributed by atoms with Crippen molar-refractivity contribution in [2.45, 2.75) is 20.8 Å². The first-order chi connectivity index (χ1) is 14.4. The standard InChI is InChI=1S/C23H24N2O5/c1-5-29-21-12-17(9-10-20(21)30-14-22(26)28-4)11-18(13-24)23(27)25-19-8-6-7-15(2)16(19)3/h6-12H,5,14H2,1-4H3,(H,25,27)/b18-11+. The van der Waals surface area contributed by atoms with Crippen LogP contribution in [0.3, 0.4) is 0 Å². The number of anilines is 1. The number of ether oxygens (including phenoxy) is 3. The Hall–Kier alpha value is -3.79. The van der Waals surface area contributed by atoms with Crippen molar-refractivity contribution in [1.29, 1.82) is 5.26 Å². The lowest BCUT2D eigenvalue weighted by Crippen LogP contribution is -2.14. The van der Waals surface area contributed by atoms with E-state index in [0.717, 1.165) is 11.1 Å². The minimum atomic E-state index is -0.517. The molecular formula is C23H24N2O5. The molecule has 0 saturated heterocycles. The van der Waals surface area contributed by atoms with Crippen LogP contribution in [0.5, 0.6) is 11.5 Å². The fourth-order valence-corrected chi connectivity index (χ4v) is 2.59. The molecule has 0 heterocycles. The molecule has 7 heteroatoms. The zero-order valence-corrected chi connectivity index (χ0v) is 17.4. The van der Waals surface area contributed by atoms with Gasteiger partial charge in [-0.25, -0.2) is 4.79 Å². The second-order valence-corrected chi connectivity index (χ2v) is 6.38. The predicted octanol–water partition coefficient (Wildman–Crippen LogP) is 3.80. The molecule has 2 aromatic rings. The van der Waals surface area contributed by atoms with Gasteiger partial charge in [0.2, 0.25) is 0 Å². The smallest absolute Gasteiger partial charge is 0.343 e. The Morgan fingerprint density at radius 2 is 1.90 bits per heavy atom. The molecule has 0 saturated carbocycles. The summed E-state index contributed by atoms with van der Waals surface area (Å²) in [6.45, 7) is 5.78. The number of nitrogens with one attached hydrogen (secondary N) is 1. The van der Waals surface area contributed by atoms with Crippen LogP contribution in [-0.2, 0) is 14.3 Å². The summed E-state index contributed by atoms with van der Waals surface area (Å²) < 4.78 is 15.5. The van der Waals surface area contributed by atoms with Crippen LogP contribution in [0, 0.1) is 25.2 Å². The topological polar surface area (TPSA) is 97.6 Å². The summed E-state index contributed by atoms with van der Waals surface area (Å²) in [6, 6.07) is 12.4. The molecule has 0 unspecified atom stereocenters. The van der Waals surface area contributed by atoms with Crippen molar-refractivity contribution in [3.63, 3.8) is 0 Å². The van der Waals surface area contributed by atoms with Gasteiger partial charge >= 0.3 is 5.97 Å². The van der Waals surface area contributed by atoms with Crippen molar-refractivity contribution in [2.75, 3.05) is 25.6 Å². The van der Waals surface area contributed by atoms with Gasteiger partial charge in [-0.15, -0.1) is 0 Å². The third-order valence-corrected chi connectivity index (χ3v) is 4.37. The summed E-state index contributed by atoms with van der Waals surface area (Å²) in [7, 11) is 1.27. The molecule has 0 aromatic heterocycles. The summed E-state index contributed by atoms with van der Waals surface area (Å²) in [6.07, 6.45) is 1.47. The third kappa shape index (κ3) is 5.85. The lowest BCUT2D eigenvalue weighted by atomic mass is 10.1. The second kappa shape index (κ2) is 10.7. The van der Waals surface area contributed by atoms with Crippen molar-refractivity contribution >= 4 is 23.6 Å². The molecule has 1 amide bonds. The molecule has 0 radical (unpaired) electrons. The maximum absolute atomic E-state index is 12.6. The molecule has 156 valence electrons. The maximum Gasteiger partial charge on any atom is 0.343 e. The molecule has 0 atom stereocenters. The van der Waals surface area contributed by atoms with E-state index >= 15 is 0 Å². The van der Waals surface area contributed by atoms with Crippen LogP contribution in [0.15, 0.2) is 42.0 Å². The highest BCUT2D eigenvalue weighted by atomic mass is 16.6. The number of rotatable bonds is 8. The Labute approximate surface area is 175 Å². The zero-order chi connectivity index (χ0) is 22.1. The SMILES string of the molecule is CCOc1cc(/C=C(\C#N)C(=O)Nc2cccc(C)c2C)ccc1OCC(=O)OC. The van der Waals surface area contributed by atoms with Crippen molar-refractivity contribution in [1.82, 2.24) is 0 Å². The van der Waals surface area contributed by atoms with Gasteiger partial charge < -0.3 is 19.5 Å². The zero-order valence-electron chi connectivity index (χ0n) is 17.4. The lowest BCUT2D eigenvalue weighted by molar-refractivity contribution is -0.142. The number of aryl methyl sites for hydroxylation is 1. The fraction of sp³-hybridized carbons (Fsp3) is 0.261. The van der Waals surface area contributed by atoms with Gasteiger partial charge in [0.1, 0.15) is 11.6 Å². The molecule has 30 heavy (non-hydrogen) atoms. The Kier molecular flexibility index (Phi) is 8.00. The largest absolute Gasteiger partial charge is 0.490 e. The van der Waals surface area contributed by atoms with Gasteiger partial charge in [0.25, 0.3) is 5.91 Å². The summed E-state index contributed by atoms with van der Waals surface area (Å²) in [5.74, 6) is -0.272. The Bertz CT molecular complexity index is 1010. The van der Waals surface area contributed by atoms with Crippen LogP contribution in [0.1, 0.15) is 23.6 Å². The Balaban J connectivity index is 2.26. The Morgan fingerprint density at radius 1 is 1.13 bits per heavy atom. The van der Waals surface area contributed by atoms with Crippen LogP contribution in [0.4, 0.5) is 5.69 Å². The van der Waals surface area contributed by atoms with Gasteiger partial charge in [-0.1, -0.05) is 18.2 Å². The van der Waals surface area contributed by atoms with Gasteiger partial charge in [0, 0.05) is 5.69 Å². The van der Waals surface area contributed by atoms with Crippen molar-refractivity contribution in [3.8, 4) is 17.6 Å². The number of hydrogen-bond acceptors (Lipinski definition) is 6. The fourth-order valence-electron chi connectivity index (χ4n) is 2.59. The lowest BCUT2D eigenvalue weighted by Gasteiger charge is -2.12. The molecule has 0 aliphatic carbocycles. The summed E-state index contributed by atoms with van der Waals surface area (Å²) >= 11 is 0. The minimum absolute atomic E-state index is 0.0541. The van der Waals surface area contributed by atoms with Crippen LogP contribution in [0.25, 0.3) is 6.08 Å². The van der Waals surface area contributed by atoms with Gasteiger partial charge in [0.15, 0.2) is 18.1 Å². The average Bonchev–Trinajstić information content (AvgIpc) is 2.74. The molecular weight excluding hydrogens is 384 g/mol.